The Morgan fingerprint density at radius 2 is 1.90 bits per heavy atom. The molecule has 0 aromatic heterocycles. The highest BCUT2D eigenvalue weighted by molar-refractivity contribution is 6.31. The smallest absolute Gasteiger partial charge is 0.269 e. The standard InChI is InChI=1S/C14H11ClN2O4/c15-13-6-3-11(17(19)20)7-10(13)8-21-12-4-1-9(2-5-12)14(16)18/h1-7H,8H2,(H2,16,18). The van der Waals surface area contributed by atoms with Gasteiger partial charge in [-0.3, -0.25) is 14.9 Å². The molecular formula is C14H11ClN2O4. The van der Waals surface area contributed by atoms with Crippen molar-refractivity contribution in [2.75, 3.05) is 0 Å². The molecule has 0 bridgehead atoms. The second-order valence-corrected chi connectivity index (χ2v) is 4.62. The fourth-order valence-corrected chi connectivity index (χ4v) is 1.83. The van der Waals surface area contributed by atoms with E-state index < -0.39 is 10.8 Å². The number of nitro benzene ring substituents is 1. The lowest BCUT2D eigenvalue weighted by Crippen LogP contribution is -2.10. The molecule has 0 saturated heterocycles. The maximum Gasteiger partial charge on any atom is 0.269 e. The number of non-ortho nitro benzene ring substituents is 1. The summed E-state index contributed by atoms with van der Waals surface area (Å²) in [6.07, 6.45) is 0. The molecule has 0 unspecified atom stereocenters. The first-order chi connectivity index (χ1) is 9.97. The normalized spacial score (nSPS) is 10.1. The molecule has 2 aromatic rings. The first kappa shape index (κ1) is 14.8. The van der Waals surface area contributed by atoms with Gasteiger partial charge < -0.3 is 10.5 Å². The number of benzene rings is 2. The van der Waals surface area contributed by atoms with E-state index in [4.69, 9.17) is 22.1 Å². The third-order valence-corrected chi connectivity index (χ3v) is 3.14. The molecule has 2 aromatic carbocycles. The van der Waals surface area contributed by atoms with Gasteiger partial charge in [-0.2, -0.15) is 0 Å². The third kappa shape index (κ3) is 3.70. The molecule has 7 heteroatoms. The predicted molar refractivity (Wildman–Crippen MR) is 77.4 cm³/mol. The summed E-state index contributed by atoms with van der Waals surface area (Å²) in [5, 5.41) is 11.1. The van der Waals surface area contributed by atoms with E-state index in [2.05, 4.69) is 0 Å². The second kappa shape index (κ2) is 6.23. The van der Waals surface area contributed by atoms with E-state index in [0.717, 1.165) is 0 Å². The highest BCUT2D eigenvalue weighted by Crippen LogP contribution is 2.23. The van der Waals surface area contributed by atoms with E-state index in [9.17, 15) is 14.9 Å². The van der Waals surface area contributed by atoms with E-state index in [-0.39, 0.29) is 12.3 Å². The Balaban J connectivity index is 2.10. The minimum atomic E-state index is -0.525. The van der Waals surface area contributed by atoms with Crippen LogP contribution in [-0.4, -0.2) is 10.8 Å². The first-order valence-corrected chi connectivity index (χ1v) is 6.30. The van der Waals surface area contributed by atoms with Crippen molar-refractivity contribution >= 4 is 23.2 Å². The third-order valence-electron chi connectivity index (χ3n) is 2.77. The van der Waals surface area contributed by atoms with E-state index in [1.807, 2.05) is 0 Å². The number of nitrogens with two attached hydrogens (primary N) is 1. The average molecular weight is 307 g/mol. The maximum absolute atomic E-state index is 10.9. The Bertz CT molecular complexity index is 686. The number of hydrogen-bond donors (Lipinski definition) is 1. The molecule has 108 valence electrons. The number of amides is 1. The van der Waals surface area contributed by atoms with Gasteiger partial charge in [0.15, 0.2) is 0 Å². The van der Waals surface area contributed by atoms with Crippen molar-refractivity contribution in [3.8, 4) is 5.75 Å². The number of nitro groups is 1. The monoisotopic (exact) mass is 306 g/mol. The zero-order valence-corrected chi connectivity index (χ0v) is 11.5. The van der Waals surface area contributed by atoms with Crippen molar-refractivity contribution < 1.29 is 14.5 Å². The summed E-state index contributed by atoms with van der Waals surface area (Å²) in [6.45, 7) is 0.0798. The molecule has 0 fully saturated rings. The molecule has 0 spiro atoms. The number of carbonyl (C=O) groups excluding carboxylic acids is 1. The van der Waals surface area contributed by atoms with Gasteiger partial charge in [0.2, 0.25) is 5.91 Å². The Kier molecular flexibility index (Phi) is 4.39. The molecular weight excluding hydrogens is 296 g/mol. The van der Waals surface area contributed by atoms with Crippen LogP contribution in [0.25, 0.3) is 0 Å². The molecule has 6 nitrogen and oxygen atoms in total. The zero-order chi connectivity index (χ0) is 15.4. The summed E-state index contributed by atoms with van der Waals surface area (Å²) >= 11 is 5.97. The lowest BCUT2D eigenvalue weighted by atomic mass is 10.2. The van der Waals surface area contributed by atoms with Gasteiger partial charge in [0, 0.05) is 28.3 Å². The summed E-state index contributed by atoms with van der Waals surface area (Å²) < 4.78 is 5.48. The summed E-state index contributed by atoms with van der Waals surface area (Å²) in [5.41, 5.74) is 5.95. The van der Waals surface area contributed by atoms with Crippen molar-refractivity contribution in [2.45, 2.75) is 6.61 Å². The summed E-state index contributed by atoms with van der Waals surface area (Å²) in [6, 6.07) is 10.4. The Morgan fingerprint density at radius 1 is 1.24 bits per heavy atom. The summed E-state index contributed by atoms with van der Waals surface area (Å²) in [5.74, 6) is -0.0224. The largest absolute Gasteiger partial charge is 0.489 e. The van der Waals surface area contributed by atoms with Crippen LogP contribution in [0.3, 0.4) is 0 Å². The molecule has 2 rings (SSSR count). The lowest BCUT2D eigenvalue weighted by molar-refractivity contribution is -0.384. The Labute approximate surface area is 125 Å². The van der Waals surface area contributed by atoms with E-state index in [1.165, 1.54) is 30.3 Å². The number of primary amides is 1. The predicted octanol–water partition coefficient (Wildman–Crippen LogP) is 2.93. The molecule has 1 amide bonds. The van der Waals surface area contributed by atoms with Crippen molar-refractivity contribution in [1.82, 2.24) is 0 Å². The lowest BCUT2D eigenvalue weighted by Gasteiger charge is -2.08. The van der Waals surface area contributed by atoms with Gasteiger partial charge in [0.25, 0.3) is 5.69 Å². The van der Waals surface area contributed by atoms with Gasteiger partial charge in [0.05, 0.1) is 4.92 Å². The number of hydrogen-bond acceptors (Lipinski definition) is 4. The molecule has 0 aliphatic carbocycles. The Hall–Kier alpha value is -2.60. The van der Waals surface area contributed by atoms with Gasteiger partial charge in [-0.1, -0.05) is 11.6 Å². The van der Waals surface area contributed by atoms with Crippen LogP contribution in [0.1, 0.15) is 15.9 Å². The van der Waals surface area contributed by atoms with Crippen LogP contribution in [0, 0.1) is 10.1 Å². The van der Waals surface area contributed by atoms with Crippen molar-refractivity contribution in [3.05, 3.63) is 68.7 Å². The van der Waals surface area contributed by atoms with Crippen LogP contribution in [0.5, 0.6) is 5.75 Å². The SMILES string of the molecule is NC(=O)c1ccc(OCc2cc([N+](=O)[O-])ccc2Cl)cc1. The van der Waals surface area contributed by atoms with Gasteiger partial charge in [-0.05, 0) is 30.3 Å². The van der Waals surface area contributed by atoms with Crippen molar-refractivity contribution in [1.29, 1.82) is 0 Å². The molecule has 21 heavy (non-hydrogen) atoms. The number of rotatable bonds is 5. The summed E-state index contributed by atoms with van der Waals surface area (Å²) in [4.78, 5) is 21.2. The second-order valence-electron chi connectivity index (χ2n) is 4.21. The topological polar surface area (TPSA) is 95.5 Å². The van der Waals surface area contributed by atoms with Gasteiger partial charge >= 0.3 is 0 Å². The highest BCUT2D eigenvalue weighted by atomic mass is 35.5. The van der Waals surface area contributed by atoms with Crippen LogP contribution in [0.2, 0.25) is 5.02 Å². The average Bonchev–Trinajstić information content (AvgIpc) is 2.46. The minimum Gasteiger partial charge on any atom is -0.489 e. The maximum atomic E-state index is 10.9. The molecule has 0 saturated carbocycles. The fraction of sp³-hybridized carbons (Fsp3) is 0.0714. The number of carbonyl (C=O) groups is 1. The number of halogens is 1. The van der Waals surface area contributed by atoms with E-state index >= 15 is 0 Å². The highest BCUT2D eigenvalue weighted by Gasteiger charge is 2.10. The molecule has 0 radical (unpaired) electrons. The van der Waals surface area contributed by atoms with Crippen molar-refractivity contribution in [2.24, 2.45) is 5.73 Å². The first-order valence-electron chi connectivity index (χ1n) is 5.93. The van der Waals surface area contributed by atoms with Gasteiger partial charge in [-0.15, -0.1) is 0 Å². The molecule has 0 aliphatic heterocycles. The molecule has 0 atom stereocenters. The van der Waals surface area contributed by atoms with Gasteiger partial charge in [-0.25, -0.2) is 0 Å². The van der Waals surface area contributed by atoms with Gasteiger partial charge in [0.1, 0.15) is 12.4 Å². The zero-order valence-electron chi connectivity index (χ0n) is 10.8. The van der Waals surface area contributed by atoms with Crippen LogP contribution >= 0.6 is 11.6 Å². The number of ether oxygens (including phenoxy) is 1. The molecule has 0 aliphatic rings. The molecule has 0 heterocycles. The quantitative estimate of drug-likeness (QED) is 0.678. The fourth-order valence-electron chi connectivity index (χ4n) is 1.66. The Morgan fingerprint density at radius 3 is 2.48 bits per heavy atom. The van der Waals surface area contributed by atoms with Crippen LogP contribution < -0.4 is 10.5 Å². The summed E-state index contributed by atoms with van der Waals surface area (Å²) in [7, 11) is 0. The minimum absolute atomic E-state index is 0.0536. The van der Waals surface area contributed by atoms with Crippen LogP contribution in [0.15, 0.2) is 42.5 Å². The van der Waals surface area contributed by atoms with E-state index in [1.54, 1.807) is 12.1 Å². The van der Waals surface area contributed by atoms with Crippen LogP contribution in [-0.2, 0) is 6.61 Å². The van der Waals surface area contributed by atoms with Crippen molar-refractivity contribution in [3.63, 3.8) is 0 Å². The molecule has 2 N–H and O–H groups in total. The number of nitrogens with zero attached hydrogens (tertiary/aromatic N) is 1. The van der Waals surface area contributed by atoms with E-state index in [0.29, 0.717) is 21.9 Å². The van der Waals surface area contributed by atoms with Crippen LogP contribution in [0.4, 0.5) is 5.69 Å².